The van der Waals surface area contributed by atoms with Gasteiger partial charge in [-0.25, -0.2) is 8.78 Å². The van der Waals surface area contributed by atoms with Gasteiger partial charge in [0.1, 0.15) is 29.1 Å². The van der Waals surface area contributed by atoms with Crippen molar-refractivity contribution in [2.45, 2.75) is 6.04 Å². The zero-order chi connectivity index (χ0) is 14.7. The maximum atomic E-state index is 13.8. The summed E-state index contributed by atoms with van der Waals surface area (Å²) in [5.41, 5.74) is 0.692. The Bertz CT molecular complexity index is 691. The highest BCUT2D eigenvalue weighted by Gasteiger charge is 2.20. The number of para-hydroxylation sites is 1. The monoisotopic (exact) mass is 285 g/mol. The van der Waals surface area contributed by atoms with Gasteiger partial charge in [0.15, 0.2) is 0 Å². The first-order valence-corrected chi connectivity index (χ1v) is 6.54. The van der Waals surface area contributed by atoms with Crippen LogP contribution < -0.4 is 5.32 Å². The van der Waals surface area contributed by atoms with Crippen LogP contribution in [0.2, 0.25) is 0 Å². The Morgan fingerprint density at radius 3 is 2.14 bits per heavy atom. The van der Waals surface area contributed by atoms with Gasteiger partial charge in [-0.2, -0.15) is 0 Å². The summed E-state index contributed by atoms with van der Waals surface area (Å²) in [5, 5.41) is 2.89. The molecule has 4 heteroatoms. The topological polar surface area (TPSA) is 25.2 Å². The van der Waals surface area contributed by atoms with Crippen LogP contribution in [0.25, 0.3) is 0 Å². The van der Waals surface area contributed by atoms with E-state index in [-0.39, 0.29) is 5.69 Å². The lowest BCUT2D eigenvalue weighted by atomic mass is 10.0. The summed E-state index contributed by atoms with van der Waals surface area (Å²) in [5.74, 6) is -0.686. The number of benzene rings is 2. The predicted molar refractivity (Wildman–Crippen MR) is 77.0 cm³/mol. The van der Waals surface area contributed by atoms with E-state index >= 15 is 0 Å². The molecule has 1 heterocycles. The third kappa shape index (κ3) is 2.79. The minimum Gasteiger partial charge on any atom is -0.467 e. The Morgan fingerprint density at radius 2 is 1.52 bits per heavy atom. The molecule has 1 unspecified atom stereocenters. The van der Waals surface area contributed by atoms with Gasteiger partial charge in [0.25, 0.3) is 0 Å². The van der Waals surface area contributed by atoms with E-state index in [0.29, 0.717) is 5.76 Å². The van der Waals surface area contributed by atoms with E-state index in [9.17, 15) is 8.78 Å². The van der Waals surface area contributed by atoms with E-state index in [0.717, 1.165) is 5.56 Å². The van der Waals surface area contributed by atoms with Gasteiger partial charge in [-0.3, -0.25) is 0 Å². The fourth-order valence-electron chi connectivity index (χ4n) is 2.20. The van der Waals surface area contributed by atoms with Crippen molar-refractivity contribution in [1.29, 1.82) is 0 Å². The molecule has 0 aliphatic rings. The molecular formula is C17H13F2NO. The number of rotatable bonds is 4. The lowest BCUT2D eigenvalue weighted by molar-refractivity contribution is 0.496. The van der Waals surface area contributed by atoms with Crippen LogP contribution in [0, 0.1) is 11.6 Å². The van der Waals surface area contributed by atoms with E-state index in [1.165, 1.54) is 24.5 Å². The molecule has 1 N–H and O–H groups in total. The largest absolute Gasteiger partial charge is 0.467 e. The average molecular weight is 285 g/mol. The summed E-state index contributed by atoms with van der Waals surface area (Å²) in [6.45, 7) is 0. The predicted octanol–water partition coefficient (Wildman–Crippen LogP) is 4.76. The van der Waals surface area contributed by atoms with E-state index in [1.807, 2.05) is 30.3 Å². The van der Waals surface area contributed by atoms with E-state index in [4.69, 9.17) is 4.42 Å². The molecule has 2 nitrogen and oxygen atoms in total. The number of halogens is 2. The Balaban J connectivity index is 2.01. The van der Waals surface area contributed by atoms with E-state index in [1.54, 1.807) is 12.1 Å². The molecule has 0 saturated carbocycles. The molecule has 1 atom stereocenters. The number of hydrogen-bond donors (Lipinski definition) is 1. The Kier molecular flexibility index (Phi) is 3.69. The summed E-state index contributed by atoms with van der Waals surface area (Å²) < 4.78 is 33.1. The smallest absolute Gasteiger partial charge is 0.149 e. The van der Waals surface area contributed by atoms with Gasteiger partial charge in [-0.05, 0) is 29.8 Å². The van der Waals surface area contributed by atoms with Gasteiger partial charge < -0.3 is 9.73 Å². The van der Waals surface area contributed by atoms with Crippen molar-refractivity contribution < 1.29 is 13.2 Å². The van der Waals surface area contributed by atoms with Crippen molar-refractivity contribution in [3.05, 3.63) is 89.9 Å². The van der Waals surface area contributed by atoms with Crippen LogP contribution in [0.4, 0.5) is 14.5 Å². The van der Waals surface area contributed by atoms with Crippen molar-refractivity contribution >= 4 is 5.69 Å². The second kappa shape index (κ2) is 5.79. The van der Waals surface area contributed by atoms with Gasteiger partial charge in [0.2, 0.25) is 0 Å². The Morgan fingerprint density at radius 1 is 0.810 bits per heavy atom. The fourth-order valence-corrected chi connectivity index (χ4v) is 2.20. The van der Waals surface area contributed by atoms with Crippen LogP contribution >= 0.6 is 0 Å². The Labute approximate surface area is 121 Å². The van der Waals surface area contributed by atoms with Crippen molar-refractivity contribution in [2.24, 2.45) is 0 Å². The van der Waals surface area contributed by atoms with Crippen molar-refractivity contribution in [3.8, 4) is 0 Å². The molecule has 0 aliphatic carbocycles. The zero-order valence-corrected chi connectivity index (χ0v) is 11.1. The molecule has 0 saturated heterocycles. The number of hydrogen-bond acceptors (Lipinski definition) is 2. The van der Waals surface area contributed by atoms with Crippen LogP contribution in [-0.4, -0.2) is 0 Å². The molecule has 0 radical (unpaired) electrons. The first-order valence-electron chi connectivity index (χ1n) is 6.54. The highest BCUT2D eigenvalue weighted by Crippen LogP contribution is 2.29. The van der Waals surface area contributed by atoms with Gasteiger partial charge in [-0.15, -0.1) is 0 Å². The van der Waals surface area contributed by atoms with Crippen molar-refractivity contribution in [3.63, 3.8) is 0 Å². The molecule has 0 amide bonds. The summed E-state index contributed by atoms with van der Waals surface area (Å²) in [4.78, 5) is 0. The molecule has 21 heavy (non-hydrogen) atoms. The lowest BCUT2D eigenvalue weighted by Crippen LogP contribution is -2.13. The maximum Gasteiger partial charge on any atom is 0.149 e. The Hall–Kier alpha value is -2.62. The summed E-state index contributed by atoms with van der Waals surface area (Å²) in [7, 11) is 0. The second-order valence-electron chi connectivity index (χ2n) is 4.60. The third-order valence-electron chi connectivity index (χ3n) is 3.21. The minimum atomic E-state index is -0.637. The van der Waals surface area contributed by atoms with Crippen molar-refractivity contribution in [2.75, 3.05) is 5.32 Å². The van der Waals surface area contributed by atoms with Gasteiger partial charge in [0.05, 0.1) is 6.26 Å². The van der Waals surface area contributed by atoms with Gasteiger partial charge in [-0.1, -0.05) is 36.4 Å². The van der Waals surface area contributed by atoms with Crippen LogP contribution in [0.3, 0.4) is 0 Å². The summed E-state index contributed by atoms with van der Waals surface area (Å²) in [6.07, 6.45) is 1.53. The summed E-state index contributed by atoms with van der Waals surface area (Å²) in [6, 6.07) is 16.2. The minimum absolute atomic E-state index is 0.164. The molecule has 0 bridgehead atoms. The van der Waals surface area contributed by atoms with E-state index in [2.05, 4.69) is 5.32 Å². The zero-order valence-electron chi connectivity index (χ0n) is 11.1. The normalized spacial score (nSPS) is 12.1. The number of furan rings is 1. The van der Waals surface area contributed by atoms with Gasteiger partial charge >= 0.3 is 0 Å². The van der Waals surface area contributed by atoms with E-state index < -0.39 is 17.7 Å². The van der Waals surface area contributed by atoms with Gasteiger partial charge in [0, 0.05) is 0 Å². The molecule has 106 valence electrons. The van der Waals surface area contributed by atoms with Crippen molar-refractivity contribution in [1.82, 2.24) is 0 Å². The SMILES string of the molecule is Fc1cccc(F)c1NC(c1ccccc1)c1ccco1. The summed E-state index contributed by atoms with van der Waals surface area (Å²) >= 11 is 0. The number of nitrogens with one attached hydrogen (secondary N) is 1. The van der Waals surface area contributed by atoms with Crippen LogP contribution in [0.15, 0.2) is 71.3 Å². The molecule has 0 fully saturated rings. The number of anilines is 1. The standard InChI is InChI=1S/C17H13F2NO/c18-13-8-4-9-14(19)17(13)20-16(15-10-5-11-21-15)12-6-2-1-3-7-12/h1-11,16,20H. The molecule has 0 spiro atoms. The third-order valence-corrected chi connectivity index (χ3v) is 3.21. The highest BCUT2D eigenvalue weighted by atomic mass is 19.1. The molecular weight excluding hydrogens is 272 g/mol. The lowest BCUT2D eigenvalue weighted by Gasteiger charge is -2.19. The van der Waals surface area contributed by atoms with Crippen LogP contribution in [0.1, 0.15) is 17.4 Å². The first kappa shape index (κ1) is 13.4. The molecule has 0 aliphatic heterocycles. The molecule has 2 aromatic carbocycles. The second-order valence-corrected chi connectivity index (χ2v) is 4.60. The molecule has 3 rings (SSSR count). The maximum absolute atomic E-state index is 13.8. The van der Waals surface area contributed by atoms with Crippen LogP contribution in [-0.2, 0) is 0 Å². The highest BCUT2D eigenvalue weighted by molar-refractivity contribution is 5.50. The van der Waals surface area contributed by atoms with Crippen LogP contribution in [0.5, 0.6) is 0 Å². The quantitative estimate of drug-likeness (QED) is 0.747. The fraction of sp³-hybridized carbons (Fsp3) is 0.0588. The molecule has 1 aromatic heterocycles. The first-order chi connectivity index (χ1) is 10.3. The molecule has 3 aromatic rings. The average Bonchev–Trinajstić information content (AvgIpc) is 3.02.